The quantitative estimate of drug-likeness (QED) is 0.558. The molecular weight excluding hydrogens is 424 g/mol. The average Bonchev–Trinajstić information content (AvgIpc) is 2.74. The van der Waals surface area contributed by atoms with Crippen molar-refractivity contribution in [1.29, 1.82) is 0 Å². The fraction of sp³-hybridized carbons (Fsp3) is 0.333. The molecule has 0 aliphatic heterocycles. The first-order valence-electron chi connectivity index (χ1n) is 6.47. The first-order chi connectivity index (χ1) is 9.52. The topological polar surface area (TPSA) is 12.0 Å². The number of rotatable bonds is 5. The Hall–Kier alpha value is 0.190. The van der Waals surface area contributed by atoms with Crippen molar-refractivity contribution in [2.45, 2.75) is 26.3 Å². The second kappa shape index (κ2) is 7.45. The summed E-state index contributed by atoms with van der Waals surface area (Å²) in [4.78, 5) is 1.24. The lowest BCUT2D eigenvalue weighted by Gasteiger charge is -2.19. The molecule has 0 saturated carbocycles. The predicted octanol–water partition coefficient (Wildman–Crippen LogP) is 6.06. The number of hydrogen-bond donors (Lipinski definition) is 1. The van der Waals surface area contributed by atoms with Crippen LogP contribution in [0.3, 0.4) is 0 Å². The monoisotopic (exact) mass is 439 g/mol. The minimum atomic E-state index is 0.150. The lowest BCUT2D eigenvalue weighted by molar-refractivity contribution is 0.604. The number of aryl methyl sites for hydroxylation is 1. The van der Waals surface area contributed by atoms with Crippen molar-refractivity contribution >= 4 is 57.1 Å². The Morgan fingerprint density at radius 3 is 2.65 bits per heavy atom. The van der Waals surface area contributed by atoms with Crippen LogP contribution < -0.4 is 5.32 Å². The van der Waals surface area contributed by atoms with Gasteiger partial charge in [-0.25, -0.2) is 0 Å². The molecule has 1 nitrogen and oxygen atoms in total. The van der Waals surface area contributed by atoms with Crippen molar-refractivity contribution in [3.05, 3.63) is 53.2 Å². The van der Waals surface area contributed by atoms with Gasteiger partial charge in [0.15, 0.2) is 0 Å². The van der Waals surface area contributed by atoms with E-state index in [1.165, 1.54) is 14.0 Å². The Labute approximate surface area is 147 Å². The van der Waals surface area contributed by atoms with E-state index in [0.717, 1.165) is 27.9 Å². The van der Waals surface area contributed by atoms with E-state index in [1.54, 1.807) is 11.3 Å². The highest BCUT2D eigenvalue weighted by Gasteiger charge is 2.19. The molecule has 5 heteroatoms. The van der Waals surface area contributed by atoms with Gasteiger partial charge in [0.2, 0.25) is 0 Å². The Bertz CT molecular complexity index is 578. The van der Waals surface area contributed by atoms with Gasteiger partial charge in [-0.2, -0.15) is 0 Å². The molecule has 1 N–H and O–H groups in total. The Morgan fingerprint density at radius 1 is 1.30 bits per heavy atom. The van der Waals surface area contributed by atoms with Crippen molar-refractivity contribution < 1.29 is 0 Å². The lowest BCUT2D eigenvalue weighted by atomic mass is 10.0. The average molecular weight is 440 g/mol. The summed E-state index contributed by atoms with van der Waals surface area (Å²) in [6.07, 6.45) is 1.09. The van der Waals surface area contributed by atoms with Crippen molar-refractivity contribution in [1.82, 2.24) is 5.32 Å². The number of thiophene rings is 1. The molecule has 0 radical (unpaired) electrons. The van der Waals surface area contributed by atoms with Gasteiger partial charge in [0, 0.05) is 13.5 Å². The molecule has 2 rings (SSSR count). The molecule has 0 fully saturated rings. The van der Waals surface area contributed by atoms with E-state index in [4.69, 9.17) is 23.2 Å². The van der Waals surface area contributed by atoms with Crippen LogP contribution in [0.5, 0.6) is 0 Å². The first kappa shape index (κ1) is 16.6. The summed E-state index contributed by atoms with van der Waals surface area (Å²) >= 11 is 16.4. The molecule has 2 aromatic rings. The van der Waals surface area contributed by atoms with Crippen LogP contribution in [0.4, 0.5) is 0 Å². The van der Waals surface area contributed by atoms with E-state index in [1.807, 2.05) is 19.1 Å². The van der Waals surface area contributed by atoms with Gasteiger partial charge in [-0.1, -0.05) is 30.1 Å². The van der Waals surface area contributed by atoms with E-state index < -0.39 is 0 Å². The molecule has 1 atom stereocenters. The third kappa shape index (κ3) is 3.89. The summed E-state index contributed by atoms with van der Waals surface area (Å²) in [7, 11) is 0. The molecule has 1 aromatic heterocycles. The summed E-state index contributed by atoms with van der Waals surface area (Å²) in [6, 6.07) is 8.34. The normalized spacial score (nSPS) is 12.7. The molecule has 0 aliphatic carbocycles. The second-order valence-corrected chi connectivity index (χ2v) is 7.94. The molecule has 0 bridgehead atoms. The van der Waals surface area contributed by atoms with Crippen LogP contribution in [-0.4, -0.2) is 6.54 Å². The van der Waals surface area contributed by atoms with Crippen molar-refractivity contribution in [2.75, 3.05) is 6.54 Å². The van der Waals surface area contributed by atoms with Gasteiger partial charge in [0.25, 0.3) is 0 Å². The van der Waals surface area contributed by atoms with E-state index in [9.17, 15) is 0 Å². The van der Waals surface area contributed by atoms with Gasteiger partial charge in [0.05, 0.1) is 10.4 Å². The SMILES string of the molecule is CCCNC(c1cc(C)c(Cl)s1)c1cc(Cl)ccc1I. The van der Waals surface area contributed by atoms with Gasteiger partial charge in [-0.15, -0.1) is 11.3 Å². The fourth-order valence-electron chi connectivity index (χ4n) is 2.01. The lowest BCUT2D eigenvalue weighted by Crippen LogP contribution is -2.23. The minimum Gasteiger partial charge on any atom is -0.306 e. The van der Waals surface area contributed by atoms with Crippen molar-refractivity contribution in [2.24, 2.45) is 0 Å². The highest BCUT2D eigenvalue weighted by atomic mass is 127. The molecule has 0 amide bonds. The largest absolute Gasteiger partial charge is 0.306 e. The van der Waals surface area contributed by atoms with Gasteiger partial charge >= 0.3 is 0 Å². The Kier molecular flexibility index (Phi) is 6.17. The number of halogens is 3. The smallest absolute Gasteiger partial charge is 0.0961 e. The van der Waals surface area contributed by atoms with E-state index in [-0.39, 0.29) is 6.04 Å². The van der Waals surface area contributed by atoms with Crippen LogP contribution in [0.1, 0.15) is 35.4 Å². The molecule has 1 heterocycles. The zero-order valence-corrected chi connectivity index (χ0v) is 15.8. The molecular formula is C15H16Cl2INS. The first-order valence-corrected chi connectivity index (χ1v) is 9.12. The fourth-order valence-corrected chi connectivity index (χ4v) is 4.15. The third-order valence-corrected chi connectivity index (χ3v) is 5.87. The van der Waals surface area contributed by atoms with Gasteiger partial charge in [0.1, 0.15) is 0 Å². The maximum Gasteiger partial charge on any atom is 0.0961 e. The highest BCUT2D eigenvalue weighted by Crippen LogP contribution is 2.36. The van der Waals surface area contributed by atoms with Crippen LogP contribution in [0.25, 0.3) is 0 Å². The summed E-state index contributed by atoms with van der Waals surface area (Å²) in [5.74, 6) is 0. The second-order valence-electron chi connectivity index (χ2n) is 4.66. The summed E-state index contributed by atoms with van der Waals surface area (Å²) in [5, 5.41) is 4.37. The minimum absolute atomic E-state index is 0.150. The summed E-state index contributed by atoms with van der Waals surface area (Å²) in [6.45, 7) is 5.17. The van der Waals surface area contributed by atoms with Crippen LogP contribution in [0.15, 0.2) is 24.3 Å². The zero-order chi connectivity index (χ0) is 14.7. The summed E-state index contributed by atoms with van der Waals surface area (Å²) < 4.78 is 2.07. The maximum absolute atomic E-state index is 6.23. The van der Waals surface area contributed by atoms with E-state index in [2.05, 4.69) is 47.0 Å². The molecule has 108 valence electrons. The number of nitrogens with one attached hydrogen (secondary N) is 1. The van der Waals surface area contributed by atoms with Gasteiger partial charge in [-0.3, -0.25) is 0 Å². The number of benzene rings is 1. The maximum atomic E-state index is 6.23. The highest BCUT2D eigenvalue weighted by molar-refractivity contribution is 14.1. The van der Waals surface area contributed by atoms with E-state index >= 15 is 0 Å². The molecule has 0 aliphatic rings. The molecule has 0 saturated heterocycles. The summed E-state index contributed by atoms with van der Waals surface area (Å²) in [5.41, 5.74) is 2.34. The van der Waals surface area contributed by atoms with Gasteiger partial charge in [-0.05, 0) is 77.9 Å². The Balaban J connectivity index is 2.43. The van der Waals surface area contributed by atoms with Crippen LogP contribution in [0, 0.1) is 10.5 Å². The van der Waals surface area contributed by atoms with Gasteiger partial charge < -0.3 is 5.32 Å². The van der Waals surface area contributed by atoms with E-state index in [0.29, 0.717) is 0 Å². The molecule has 0 spiro atoms. The molecule has 1 unspecified atom stereocenters. The number of hydrogen-bond acceptors (Lipinski definition) is 2. The predicted molar refractivity (Wildman–Crippen MR) is 98.4 cm³/mol. The molecule has 20 heavy (non-hydrogen) atoms. The van der Waals surface area contributed by atoms with Crippen molar-refractivity contribution in [3.63, 3.8) is 0 Å². The van der Waals surface area contributed by atoms with Crippen LogP contribution in [0.2, 0.25) is 9.36 Å². The van der Waals surface area contributed by atoms with Crippen LogP contribution in [-0.2, 0) is 0 Å². The third-order valence-electron chi connectivity index (χ3n) is 3.03. The Morgan fingerprint density at radius 2 is 2.05 bits per heavy atom. The standard InChI is InChI=1S/C15H16Cl2INS/c1-3-6-19-14(13-7-9(2)15(17)20-13)11-8-10(16)4-5-12(11)18/h4-5,7-8,14,19H,3,6H2,1-2H3. The van der Waals surface area contributed by atoms with Crippen LogP contribution >= 0.6 is 57.1 Å². The zero-order valence-electron chi connectivity index (χ0n) is 11.3. The van der Waals surface area contributed by atoms with Crippen molar-refractivity contribution in [3.8, 4) is 0 Å². The molecule has 1 aromatic carbocycles.